The van der Waals surface area contributed by atoms with Gasteiger partial charge in [0.15, 0.2) is 12.0 Å². The number of carbonyl (C=O) groups is 2. The highest BCUT2D eigenvalue weighted by Crippen LogP contribution is 2.29. The smallest absolute Gasteiger partial charge is 0.167 e. The van der Waals surface area contributed by atoms with E-state index in [0.717, 1.165) is 0 Å². The number of hydrogen-bond acceptors (Lipinski definition) is 6. The van der Waals surface area contributed by atoms with Crippen molar-refractivity contribution < 1.29 is 34.4 Å². The van der Waals surface area contributed by atoms with Crippen molar-refractivity contribution in [1.82, 2.24) is 0 Å². The summed E-state index contributed by atoms with van der Waals surface area (Å²) in [6, 6.07) is 0. The van der Waals surface area contributed by atoms with Crippen LogP contribution in [0.4, 0.5) is 4.39 Å². The van der Waals surface area contributed by atoms with Crippen LogP contribution >= 0.6 is 0 Å². The van der Waals surface area contributed by atoms with Gasteiger partial charge in [-0.1, -0.05) is 0 Å². The van der Waals surface area contributed by atoms with Crippen LogP contribution in [0, 0.1) is 0 Å². The van der Waals surface area contributed by atoms with Gasteiger partial charge >= 0.3 is 0 Å². The summed E-state index contributed by atoms with van der Waals surface area (Å²) in [6.07, 6.45) is -8.03. The topological polar surface area (TPSA) is 118 Å². The van der Waals surface area contributed by atoms with Gasteiger partial charge in [-0.05, 0) is 0 Å². The van der Waals surface area contributed by atoms with E-state index < -0.39 is 42.2 Å². The number of aliphatic hydroxyl groups is 3. The number of hydrogen-bond donors (Lipinski definition) is 3. The van der Waals surface area contributed by atoms with Crippen molar-refractivity contribution in [2.75, 3.05) is 0 Å². The molecule has 0 aromatic rings. The average molecular weight is 207 g/mol. The molecule has 6 nitrogen and oxygen atoms in total. The molecule has 3 N–H and O–H groups in total. The van der Waals surface area contributed by atoms with Crippen LogP contribution in [0.15, 0.2) is 0 Å². The lowest BCUT2D eigenvalue weighted by atomic mass is 9.79. The molecule has 14 heavy (non-hydrogen) atoms. The monoisotopic (exact) mass is 207 g/mol. The van der Waals surface area contributed by atoms with E-state index in [4.69, 9.17) is 15.3 Å². The van der Waals surface area contributed by atoms with Crippen molar-refractivity contribution in [1.29, 1.82) is 0 Å². The molecule has 1 aliphatic rings. The summed E-state index contributed by atoms with van der Waals surface area (Å²) in [5.41, 5.74) is -3.06. The standard InChI is InChI=1S/C7H9FO6/c8-5-4(11)3(10)2(9)1-7(5,14)6(12)13/h3-5,10-11,14H,1H2,(H,12,13)/p-1. The highest BCUT2D eigenvalue weighted by atomic mass is 19.1. The number of Topliss-reactive ketones (excluding diaryl/α,β-unsaturated/α-hetero) is 1. The summed E-state index contributed by atoms with van der Waals surface area (Å²) in [4.78, 5) is 21.2. The number of carbonyl (C=O) groups excluding carboxylic acids is 2. The largest absolute Gasteiger partial charge is 0.547 e. The molecule has 1 fully saturated rings. The molecule has 0 aromatic heterocycles. The summed E-state index contributed by atoms with van der Waals surface area (Å²) < 4.78 is 13.1. The molecule has 1 rings (SSSR count). The van der Waals surface area contributed by atoms with Gasteiger partial charge in [0.05, 0.1) is 5.97 Å². The first-order valence-electron chi connectivity index (χ1n) is 3.77. The second kappa shape index (κ2) is 3.26. The molecule has 7 heteroatoms. The van der Waals surface area contributed by atoms with Crippen LogP contribution in [0.2, 0.25) is 0 Å². The van der Waals surface area contributed by atoms with E-state index in [-0.39, 0.29) is 0 Å². The summed E-state index contributed by atoms with van der Waals surface area (Å²) in [5.74, 6) is -3.33. The van der Waals surface area contributed by atoms with Crippen molar-refractivity contribution in [2.45, 2.75) is 30.4 Å². The highest BCUT2D eigenvalue weighted by molar-refractivity contribution is 5.92. The highest BCUT2D eigenvalue weighted by Gasteiger charge is 2.53. The lowest BCUT2D eigenvalue weighted by Crippen LogP contribution is -2.66. The molecular formula is C7H8FO6-. The van der Waals surface area contributed by atoms with Gasteiger partial charge in [-0.2, -0.15) is 0 Å². The van der Waals surface area contributed by atoms with Crippen molar-refractivity contribution >= 4 is 11.8 Å². The summed E-state index contributed by atoms with van der Waals surface area (Å²) >= 11 is 0. The van der Waals surface area contributed by atoms with E-state index in [1.807, 2.05) is 0 Å². The van der Waals surface area contributed by atoms with Gasteiger partial charge in [-0.15, -0.1) is 0 Å². The second-order valence-electron chi connectivity index (χ2n) is 3.19. The van der Waals surface area contributed by atoms with Crippen LogP contribution in [0.25, 0.3) is 0 Å². The number of halogens is 1. The van der Waals surface area contributed by atoms with Crippen molar-refractivity contribution in [3.05, 3.63) is 0 Å². The first-order valence-corrected chi connectivity index (χ1v) is 3.77. The van der Waals surface area contributed by atoms with Crippen LogP contribution < -0.4 is 5.11 Å². The van der Waals surface area contributed by atoms with Crippen molar-refractivity contribution in [3.8, 4) is 0 Å². The van der Waals surface area contributed by atoms with Crippen LogP contribution in [-0.2, 0) is 9.59 Å². The Morgan fingerprint density at radius 1 is 1.57 bits per heavy atom. The van der Waals surface area contributed by atoms with Gasteiger partial charge in [0.25, 0.3) is 0 Å². The fourth-order valence-corrected chi connectivity index (χ4v) is 1.29. The Morgan fingerprint density at radius 2 is 2.07 bits per heavy atom. The number of aliphatic carboxylic acids is 1. The first kappa shape index (κ1) is 11.0. The maximum absolute atomic E-state index is 13.1. The Bertz CT molecular complexity index is 279. The number of carboxylic acid groups (broad SMARTS) is 1. The van der Waals surface area contributed by atoms with Crippen LogP contribution in [0.3, 0.4) is 0 Å². The number of rotatable bonds is 1. The molecule has 0 heterocycles. The molecule has 80 valence electrons. The van der Waals surface area contributed by atoms with Gasteiger partial charge < -0.3 is 25.2 Å². The lowest BCUT2D eigenvalue weighted by molar-refractivity contribution is -0.332. The Morgan fingerprint density at radius 3 is 2.50 bits per heavy atom. The molecule has 1 saturated carbocycles. The van der Waals surface area contributed by atoms with Crippen LogP contribution in [0.1, 0.15) is 6.42 Å². The molecule has 1 aliphatic carbocycles. The Balaban J connectivity index is 3.02. The normalized spacial score (nSPS) is 43.7. The number of ketones is 1. The fraction of sp³-hybridized carbons (Fsp3) is 0.714. The first-order chi connectivity index (χ1) is 6.30. The van der Waals surface area contributed by atoms with E-state index in [9.17, 15) is 19.1 Å². The molecule has 0 radical (unpaired) electrons. The van der Waals surface area contributed by atoms with Gasteiger partial charge in [0.1, 0.15) is 17.8 Å². The average Bonchev–Trinajstić information content (AvgIpc) is 2.11. The lowest BCUT2D eigenvalue weighted by Gasteiger charge is -2.39. The zero-order valence-corrected chi connectivity index (χ0v) is 6.88. The van der Waals surface area contributed by atoms with Gasteiger partial charge in [-0.25, -0.2) is 4.39 Å². The number of alkyl halides is 1. The van der Waals surface area contributed by atoms with Gasteiger partial charge in [0, 0.05) is 6.42 Å². The molecule has 4 unspecified atom stereocenters. The minimum atomic E-state index is -3.06. The SMILES string of the molecule is O=C1CC(O)(C(=O)[O-])C(F)C(O)C1O. The molecule has 0 aromatic carbocycles. The minimum absolute atomic E-state index is 1.12. The van der Waals surface area contributed by atoms with E-state index >= 15 is 0 Å². The van der Waals surface area contributed by atoms with E-state index in [1.165, 1.54) is 0 Å². The summed E-state index contributed by atoms with van der Waals surface area (Å²) in [7, 11) is 0. The van der Waals surface area contributed by atoms with Crippen molar-refractivity contribution in [2.24, 2.45) is 0 Å². The molecule has 0 spiro atoms. The predicted octanol–water partition coefficient (Wildman–Crippen LogP) is -3.50. The number of carboxylic acids is 1. The minimum Gasteiger partial charge on any atom is -0.547 e. The third-order valence-corrected chi connectivity index (χ3v) is 2.21. The Labute approximate surface area is 77.6 Å². The Hall–Kier alpha value is -1.05. The van der Waals surface area contributed by atoms with Gasteiger partial charge in [0.2, 0.25) is 0 Å². The third-order valence-electron chi connectivity index (χ3n) is 2.21. The van der Waals surface area contributed by atoms with Crippen molar-refractivity contribution in [3.63, 3.8) is 0 Å². The molecule has 0 amide bonds. The van der Waals surface area contributed by atoms with E-state index in [2.05, 4.69) is 0 Å². The molecule has 0 aliphatic heterocycles. The quantitative estimate of drug-likeness (QED) is 0.410. The maximum Gasteiger partial charge on any atom is 0.167 e. The fourth-order valence-electron chi connectivity index (χ4n) is 1.29. The third kappa shape index (κ3) is 1.39. The summed E-state index contributed by atoms with van der Waals surface area (Å²) in [5, 5.41) is 37.3. The van der Waals surface area contributed by atoms with Crippen LogP contribution in [-0.4, -0.2) is 51.1 Å². The Kier molecular flexibility index (Phi) is 2.57. The zero-order valence-electron chi connectivity index (χ0n) is 6.88. The van der Waals surface area contributed by atoms with Gasteiger partial charge in [-0.3, -0.25) is 4.79 Å². The van der Waals surface area contributed by atoms with E-state index in [1.54, 1.807) is 0 Å². The number of aliphatic hydroxyl groups excluding tert-OH is 2. The van der Waals surface area contributed by atoms with Crippen LogP contribution in [0.5, 0.6) is 0 Å². The zero-order chi connectivity index (χ0) is 11.1. The molecule has 0 saturated heterocycles. The molecule has 0 bridgehead atoms. The summed E-state index contributed by atoms with van der Waals surface area (Å²) in [6.45, 7) is 0. The van der Waals surface area contributed by atoms with E-state index in [0.29, 0.717) is 0 Å². The maximum atomic E-state index is 13.1. The predicted molar refractivity (Wildman–Crippen MR) is 36.5 cm³/mol. The second-order valence-corrected chi connectivity index (χ2v) is 3.19. The molecular weight excluding hydrogens is 199 g/mol. The molecule has 4 atom stereocenters.